The van der Waals surface area contributed by atoms with E-state index in [1.807, 2.05) is 0 Å². The molecule has 2 rings (SSSR count). The van der Waals surface area contributed by atoms with Crippen molar-refractivity contribution in [2.24, 2.45) is 0 Å². The van der Waals surface area contributed by atoms with Crippen LogP contribution >= 0.6 is 0 Å². The van der Waals surface area contributed by atoms with Gasteiger partial charge < -0.3 is 14.4 Å². The number of hydrogen-bond donors (Lipinski definition) is 1. The molecule has 1 saturated heterocycles. The van der Waals surface area contributed by atoms with Crippen molar-refractivity contribution in [3.63, 3.8) is 0 Å². The third-order valence-corrected chi connectivity index (χ3v) is 5.07. The summed E-state index contributed by atoms with van der Waals surface area (Å²) in [6.07, 6.45) is 0. The zero-order valence-electron chi connectivity index (χ0n) is 13.5. The highest BCUT2D eigenvalue weighted by atomic mass is 32.2. The lowest BCUT2D eigenvalue weighted by Gasteiger charge is -2.27. The number of sulfonamides is 1. The third-order valence-electron chi connectivity index (χ3n) is 3.39. The van der Waals surface area contributed by atoms with Crippen LogP contribution in [0.3, 0.4) is 0 Å². The van der Waals surface area contributed by atoms with Gasteiger partial charge in [0.15, 0.2) is 0 Å². The maximum Gasteiger partial charge on any atom is 0.254 e. The molecule has 1 fully saturated rings. The molecule has 8 heteroatoms. The van der Waals surface area contributed by atoms with Crippen LogP contribution in [0, 0.1) is 0 Å². The molecule has 0 bridgehead atoms. The van der Waals surface area contributed by atoms with E-state index >= 15 is 0 Å². The van der Waals surface area contributed by atoms with Crippen molar-refractivity contribution in [3.05, 3.63) is 23.8 Å². The van der Waals surface area contributed by atoms with Crippen molar-refractivity contribution in [3.8, 4) is 5.75 Å². The smallest absolute Gasteiger partial charge is 0.254 e. The summed E-state index contributed by atoms with van der Waals surface area (Å²) in [5.41, 5.74) is 0.317. The number of methoxy groups -OCH3 is 1. The Labute approximate surface area is 136 Å². The molecule has 1 aliphatic heterocycles. The lowest BCUT2D eigenvalue weighted by molar-refractivity contribution is 0.0302. The first-order valence-corrected chi connectivity index (χ1v) is 8.91. The van der Waals surface area contributed by atoms with Gasteiger partial charge in [0, 0.05) is 24.7 Å². The van der Waals surface area contributed by atoms with Gasteiger partial charge in [0.25, 0.3) is 5.91 Å². The fourth-order valence-electron chi connectivity index (χ4n) is 2.34. The van der Waals surface area contributed by atoms with Crippen LogP contribution in [-0.4, -0.2) is 58.7 Å². The first kappa shape index (κ1) is 17.7. The average molecular weight is 342 g/mol. The molecule has 1 aromatic rings. The zero-order valence-corrected chi connectivity index (χ0v) is 14.4. The molecular formula is C15H22N2O5S. The van der Waals surface area contributed by atoms with Crippen LogP contribution in [-0.2, 0) is 14.8 Å². The summed E-state index contributed by atoms with van der Waals surface area (Å²) < 4.78 is 37.7. The number of nitrogens with one attached hydrogen (secondary N) is 1. The number of benzene rings is 1. The van der Waals surface area contributed by atoms with E-state index in [2.05, 4.69) is 4.72 Å². The molecule has 0 spiro atoms. The number of morpholine rings is 1. The zero-order chi connectivity index (χ0) is 17.0. The Bertz CT molecular complexity index is 666. The highest BCUT2D eigenvalue weighted by molar-refractivity contribution is 7.89. The summed E-state index contributed by atoms with van der Waals surface area (Å²) in [6.45, 7) is 5.43. The second kappa shape index (κ2) is 7.29. The van der Waals surface area contributed by atoms with E-state index in [4.69, 9.17) is 9.47 Å². The third kappa shape index (κ3) is 4.21. The number of carbonyl (C=O) groups is 1. The molecule has 1 aliphatic rings. The summed E-state index contributed by atoms with van der Waals surface area (Å²) in [5, 5.41) is 0. The summed E-state index contributed by atoms with van der Waals surface area (Å²) in [6, 6.07) is 4.18. The average Bonchev–Trinajstić information content (AvgIpc) is 2.53. The van der Waals surface area contributed by atoms with E-state index in [-0.39, 0.29) is 22.6 Å². The minimum Gasteiger partial charge on any atom is -0.495 e. The second-order valence-corrected chi connectivity index (χ2v) is 7.23. The molecule has 1 heterocycles. The normalized spacial score (nSPS) is 15.7. The molecule has 23 heavy (non-hydrogen) atoms. The lowest BCUT2D eigenvalue weighted by Crippen LogP contribution is -2.40. The van der Waals surface area contributed by atoms with Crippen LogP contribution in [0.4, 0.5) is 0 Å². The van der Waals surface area contributed by atoms with Crippen LogP contribution in [0.15, 0.2) is 23.1 Å². The van der Waals surface area contributed by atoms with Gasteiger partial charge in [-0.25, -0.2) is 13.1 Å². The topological polar surface area (TPSA) is 84.9 Å². The Morgan fingerprint density at radius 3 is 2.52 bits per heavy atom. The van der Waals surface area contributed by atoms with Gasteiger partial charge in [0.2, 0.25) is 10.0 Å². The van der Waals surface area contributed by atoms with Crippen LogP contribution in [0.25, 0.3) is 0 Å². The van der Waals surface area contributed by atoms with Crippen LogP contribution in [0.2, 0.25) is 0 Å². The van der Waals surface area contributed by atoms with Gasteiger partial charge in [-0.1, -0.05) is 0 Å². The molecule has 0 unspecified atom stereocenters. The number of rotatable bonds is 5. The van der Waals surface area contributed by atoms with E-state index < -0.39 is 10.0 Å². The van der Waals surface area contributed by atoms with E-state index in [9.17, 15) is 13.2 Å². The minimum atomic E-state index is -3.76. The lowest BCUT2D eigenvalue weighted by atomic mass is 10.2. The second-order valence-electron chi connectivity index (χ2n) is 5.55. The fourth-order valence-corrected chi connectivity index (χ4v) is 3.79. The van der Waals surface area contributed by atoms with E-state index in [0.717, 1.165) is 0 Å². The van der Waals surface area contributed by atoms with Crippen molar-refractivity contribution in [1.82, 2.24) is 9.62 Å². The van der Waals surface area contributed by atoms with Crippen LogP contribution < -0.4 is 9.46 Å². The summed E-state index contributed by atoms with van der Waals surface area (Å²) in [4.78, 5) is 14.1. The molecule has 0 aliphatic carbocycles. The SMILES string of the molecule is COc1ccc(C(=O)N2CCOCC2)cc1S(=O)(=O)NC(C)C. The number of nitrogens with zero attached hydrogens (tertiary/aromatic N) is 1. The van der Waals surface area contributed by atoms with Gasteiger partial charge in [-0.15, -0.1) is 0 Å². The molecule has 0 atom stereocenters. The number of amides is 1. The predicted octanol–water partition coefficient (Wildman–Crippen LogP) is 0.854. The molecule has 1 amide bonds. The predicted molar refractivity (Wildman–Crippen MR) is 85.2 cm³/mol. The van der Waals surface area contributed by atoms with E-state index in [1.165, 1.54) is 19.2 Å². The van der Waals surface area contributed by atoms with Crippen molar-refractivity contribution in [2.75, 3.05) is 33.4 Å². The van der Waals surface area contributed by atoms with Gasteiger partial charge in [0.1, 0.15) is 10.6 Å². The summed E-state index contributed by atoms with van der Waals surface area (Å²) in [7, 11) is -2.36. The summed E-state index contributed by atoms with van der Waals surface area (Å²) >= 11 is 0. The quantitative estimate of drug-likeness (QED) is 0.858. The Hall–Kier alpha value is -1.64. The Morgan fingerprint density at radius 1 is 1.30 bits per heavy atom. The largest absolute Gasteiger partial charge is 0.495 e. The first-order chi connectivity index (χ1) is 10.8. The first-order valence-electron chi connectivity index (χ1n) is 7.42. The Balaban J connectivity index is 2.37. The number of ether oxygens (including phenoxy) is 2. The van der Waals surface area contributed by atoms with E-state index in [1.54, 1.807) is 24.8 Å². The van der Waals surface area contributed by atoms with Gasteiger partial charge in [-0.2, -0.15) is 0 Å². The Morgan fingerprint density at radius 2 is 1.96 bits per heavy atom. The monoisotopic (exact) mass is 342 g/mol. The molecule has 0 aromatic heterocycles. The molecule has 0 radical (unpaired) electrons. The van der Waals surface area contributed by atoms with Crippen LogP contribution in [0.1, 0.15) is 24.2 Å². The molecule has 128 valence electrons. The maximum atomic E-state index is 12.5. The van der Waals surface area contributed by atoms with Crippen molar-refractivity contribution in [1.29, 1.82) is 0 Å². The van der Waals surface area contributed by atoms with E-state index in [0.29, 0.717) is 31.9 Å². The Kier molecular flexibility index (Phi) is 5.61. The van der Waals surface area contributed by atoms with Crippen LogP contribution in [0.5, 0.6) is 5.75 Å². The molecule has 1 aromatic carbocycles. The highest BCUT2D eigenvalue weighted by Gasteiger charge is 2.24. The molecule has 1 N–H and O–H groups in total. The summed E-state index contributed by atoms with van der Waals surface area (Å²) in [5.74, 6) is -0.00590. The van der Waals surface area contributed by atoms with Gasteiger partial charge in [-0.05, 0) is 32.0 Å². The standard InChI is InChI=1S/C15H22N2O5S/c1-11(2)16-23(19,20)14-10-12(4-5-13(14)21-3)15(18)17-6-8-22-9-7-17/h4-5,10-11,16H,6-9H2,1-3H3. The van der Waals surface area contributed by atoms with Gasteiger partial charge in [0.05, 0.1) is 20.3 Å². The van der Waals surface area contributed by atoms with Crippen molar-refractivity contribution in [2.45, 2.75) is 24.8 Å². The highest BCUT2D eigenvalue weighted by Crippen LogP contribution is 2.25. The molecule has 0 saturated carbocycles. The molecular weight excluding hydrogens is 320 g/mol. The molecule has 7 nitrogen and oxygen atoms in total. The van der Waals surface area contributed by atoms with Crippen molar-refractivity contribution >= 4 is 15.9 Å². The number of carbonyl (C=O) groups excluding carboxylic acids is 1. The fraction of sp³-hybridized carbons (Fsp3) is 0.533. The van der Waals surface area contributed by atoms with Gasteiger partial charge in [-0.3, -0.25) is 4.79 Å². The minimum absolute atomic E-state index is 0.0344. The van der Waals surface area contributed by atoms with Gasteiger partial charge >= 0.3 is 0 Å². The van der Waals surface area contributed by atoms with Crippen molar-refractivity contribution < 1.29 is 22.7 Å². The number of hydrogen-bond acceptors (Lipinski definition) is 5. The maximum absolute atomic E-state index is 12.5.